The van der Waals surface area contributed by atoms with Crippen molar-refractivity contribution in [1.29, 1.82) is 0 Å². The lowest BCUT2D eigenvalue weighted by Gasteiger charge is -2.19. The molecule has 6 nitrogen and oxygen atoms in total. The van der Waals surface area contributed by atoms with E-state index in [4.69, 9.17) is 9.79 Å². The fourth-order valence-corrected chi connectivity index (χ4v) is 2.21. The van der Waals surface area contributed by atoms with Gasteiger partial charge >= 0.3 is 13.8 Å². The van der Waals surface area contributed by atoms with Gasteiger partial charge in [-0.25, -0.2) is 4.18 Å². The van der Waals surface area contributed by atoms with Crippen LogP contribution in [0.15, 0.2) is 0 Å². The summed E-state index contributed by atoms with van der Waals surface area (Å²) in [5, 5.41) is 0. The molecule has 0 aromatic rings. The molecule has 2 N–H and O–H groups in total. The van der Waals surface area contributed by atoms with Crippen molar-refractivity contribution < 1.29 is 40.1 Å². The van der Waals surface area contributed by atoms with Crippen molar-refractivity contribution in [3.8, 4) is 0 Å². The van der Waals surface area contributed by atoms with Crippen molar-refractivity contribution in [1.82, 2.24) is 0 Å². The summed E-state index contributed by atoms with van der Waals surface area (Å²) in [7, 11) is -10.3. The average Bonchev–Trinajstić information content (AvgIpc) is 1.75. The Balaban J connectivity index is 5.07. The molecule has 0 aliphatic heterocycles. The molecule has 0 saturated carbocycles. The van der Waals surface area contributed by atoms with Crippen LogP contribution in [0.25, 0.3) is 0 Å². The fourth-order valence-electron chi connectivity index (χ4n) is 0.467. The minimum atomic E-state index is -5.72. The maximum Gasteiger partial charge on any atom is 0.427 e. The Bertz CT molecular complexity index is 340. The first-order chi connectivity index (χ1) is 5.84. The predicted molar refractivity (Wildman–Crippen MR) is 37.8 cm³/mol. The summed E-state index contributed by atoms with van der Waals surface area (Å²) in [6.07, 6.45) is -5.20. The Morgan fingerprint density at radius 2 is 1.71 bits per heavy atom. The molecule has 0 bridgehead atoms. The summed E-state index contributed by atoms with van der Waals surface area (Å²) < 4.78 is 69.6. The zero-order valence-electron chi connectivity index (χ0n) is 6.59. The second-order valence-corrected chi connectivity index (χ2v) is 5.53. The summed E-state index contributed by atoms with van der Waals surface area (Å²) in [5.41, 5.74) is 0. The normalized spacial score (nSPS) is 16.7. The zero-order valence-corrected chi connectivity index (χ0v) is 8.31. The number of halogens is 3. The molecule has 0 saturated heterocycles. The molecule has 0 aromatic carbocycles. The number of hydrogen-bond acceptors (Lipinski definition) is 4. The third kappa shape index (κ3) is 4.91. The molecular weight excluding hydrogens is 252 g/mol. The van der Waals surface area contributed by atoms with Crippen LogP contribution in [0.3, 0.4) is 0 Å². The first-order valence-electron chi connectivity index (χ1n) is 2.84. The van der Waals surface area contributed by atoms with E-state index in [9.17, 15) is 26.2 Å². The molecule has 0 radical (unpaired) electrons. The van der Waals surface area contributed by atoms with Gasteiger partial charge < -0.3 is 9.79 Å². The zero-order chi connectivity index (χ0) is 11.8. The third-order valence-electron chi connectivity index (χ3n) is 0.851. The van der Waals surface area contributed by atoms with Gasteiger partial charge in [-0.3, -0.25) is 4.57 Å². The van der Waals surface area contributed by atoms with E-state index in [1.807, 2.05) is 0 Å². The number of rotatable bonds is 3. The largest absolute Gasteiger partial charge is 0.427 e. The molecule has 1 atom stereocenters. The van der Waals surface area contributed by atoms with Gasteiger partial charge in [-0.15, -0.1) is 0 Å². The van der Waals surface area contributed by atoms with Crippen molar-refractivity contribution in [3.63, 3.8) is 0 Å². The highest BCUT2D eigenvalue weighted by atomic mass is 32.2. The average molecular weight is 258 g/mol. The molecule has 11 heteroatoms. The van der Waals surface area contributed by atoms with Gasteiger partial charge in [-0.1, -0.05) is 0 Å². The van der Waals surface area contributed by atoms with Gasteiger partial charge in [0.2, 0.25) is 0 Å². The van der Waals surface area contributed by atoms with Crippen LogP contribution in [0.5, 0.6) is 0 Å². The molecule has 0 rings (SSSR count). The van der Waals surface area contributed by atoms with Gasteiger partial charge in [0.15, 0.2) is 0 Å². The topological polar surface area (TPSA) is 101 Å². The molecule has 0 unspecified atom stereocenters. The highest BCUT2D eigenvalue weighted by Gasteiger charge is 2.54. The first kappa shape index (κ1) is 13.8. The molecule has 14 heavy (non-hydrogen) atoms. The van der Waals surface area contributed by atoms with Crippen LogP contribution < -0.4 is 0 Å². The Hall–Kier alpha value is -0.150. The van der Waals surface area contributed by atoms with Crippen LogP contribution >= 0.6 is 7.60 Å². The summed E-state index contributed by atoms with van der Waals surface area (Å²) in [6.45, 7) is 0. The standard InChI is InChI=1S/C3H6F3O6PS/c1-14(10,11)12-2(3(4,5)6)13(7,8)9/h2H,1H3,(H2,7,8,9)/t2-/m0/s1. The molecule has 0 aromatic heterocycles. The van der Waals surface area contributed by atoms with Crippen LogP contribution in [-0.4, -0.2) is 36.5 Å². The van der Waals surface area contributed by atoms with E-state index in [1.165, 1.54) is 0 Å². The maximum absolute atomic E-state index is 11.9. The number of alkyl halides is 3. The van der Waals surface area contributed by atoms with Crippen LogP contribution in [-0.2, 0) is 18.9 Å². The summed E-state index contributed by atoms with van der Waals surface area (Å²) in [4.78, 5) is 16.4. The lowest BCUT2D eigenvalue weighted by molar-refractivity contribution is -0.172. The highest BCUT2D eigenvalue weighted by molar-refractivity contribution is 7.86. The molecule has 0 heterocycles. The Labute approximate surface area is 77.0 Å². The van der Waals surface area contributed by atoms with Crippen molar-refractivity contribution in [3.05, 3.63) is 0 Å². The molecule has 0 aliphatic carbocycles. The van der Waals surface area contributed by atoms with Crippen LogP contribution in [0.1, 0.15) is 0 Å². The molecule has 0 spiro atoms. The Morgan fingerprint density at radius 1 is 1.36 bits per heavy atom. The van der Waals surface area contributed by atoms with Crippen molar-refractivity contribution >= 4 is 17.7 Å². The fraction of sp³-hybridized carbons (Fsp3) is 1.00. The van der Waals surface area contributed by atoms with Crippen LogP contribution in [0.2, 0.25) is 0 Å². The second kappa shape index (κ2) is 3.78. The Morgan fingerprint density at radius 3 is 1.79 bits per heavy atom. The van der Waals surface area contributed by atoms with Crippen molar-refractivity contribution in [2.45, 2.75) is 12.0 Å². The van der Waals surface area contributed by atoms with Gasteiger partial charge in [0.25, 0.3) is 16.0 Å². The predicted octanol–water partition coefficient (Wildman–Crippen LogP) is 0.0287. The summed E-state index contributed by atoms with van der Waals surface area (Å²) in [6, 6.07) is 0. The molecule has 0 aliphatic rings. The third-order valence-corrected chi connectivity index (χ3v) is 2.55. The van der Waals surface area contributed by atoms with Crippen molar-refractivity contribution in [2.75, 3.05) is 6.26 Å². The molecule has 86 valence electrons. The summed E-state index contributed by atoms with van der Waals surface area (Å²) >= 11 is 0. The smallest absolute Gasteiger partial charge is 0.322 e. The lowest BCUT2D eigenvalue weighted by Crippen LogP contribution is -2.33. The van der Waals surface area contributed by atoms with E-state index in [0.29, 0.717) is 0 Å². The SMILES string of the molecule is CS(=O)(=O)O[C@H](C(F)(F)F)P(=O)(O)O. The summed E-state index contributed by atoms with van der Waals surface area (Å²) in [5.74, 6) is -3.65. The quantitative estimate of drug-likeness (QED) is 0.547. The number of hydrogen-bond donors (Lipinski definition) is 2. The maximum atomic E-state index is 11.9. The van der Waals surface area contributed by atoms with E-state index in [2.05, 4.69) is 4.18 Å². The van der Waals surface area contributed by atoms with E-state index >= 15 is 0 Å². The van der Waals surface area contributed by atoms with Gasteiger partial charge in [-0.2, -0.15) is 21.6 Å². The molecule has 0 fully saturated rings. The van der Waals surface area contributed by atoms with E-state index in [-0.39, 0.29) is 6.26 Å². The molecular formula is C3H6F3O6PS. The van der Waals surface area contributed by atoms with E-state index < -0.39 is 29.7 Å². The van der Waals surface area contributed by atoms with Gasteiger partial charge in [0, 0.05) is 0 Å². The van der Waals surface area contributed by atoms with Gasteiger partial charge in [0.05, 0.1) is 6.26 Å². The van der Waals surface area contributed by atoms with Crippen LogP contribution in [0, 0.1) is 0 Å². The second-order valence-electron chi connectivity index (χ2n) is 2.28. The van der Waals surface area contributed by atoms with Gasteiger partial charge in [-0.05, 0) is 0 Å². The minimum absolute atomic E-state index is 0.251. The minimum Gasteiger partial charge on any atom is -0.322 e. The monoisotopic (exact) mass is 258 g/mol. The van der Waals surface area contributed by atoms with Crippen molar-refractivity contribution in [2.24, 2.45) is 0 Å². The lowest BCUT2D eigenvalue weighted by atomic mass is 10.7. The van der Waals surface area contributed by atoms with E-state index in [1.54, 1.807) is 0 Å². The van der Waals surface area contributed by atoms with Gasteiger partial charge in [0.1, 0.15) is 0 Å². The highest BCUT2D eigenvalue weighted by Crippen LogP contribution is 2.50. The van der Waals surface area contributed by atoms with E-state index in [0.717, 1.165) is 0 Å². The first-order valence-corrected chi connectivity index (χ1v) is 6.34. The van der Waals surface area contributed by atoms with Crippen LogP contribution in [0.4, 0.5) is 13.2 Å². The Kier molecular flexibility index (Phi) is 3.74. The molecule has 0 amide bonds.